The van der Waals surface area contributed by atoms with Gasteiger partial charge in [0.2, 0.25) is 5.78 Å². The van der Waals surface area contributed by atoms with E-state index in [0.29, 0.717) is 11.7 Å². The summed E-state index contributed by atoms with van der Waals surface area (Å²) in [7, 11) is 0. The predicted molar refractivity (Wildman–Crippen MR) is 77.2 cm³/mol. The van der Waals surface area contributed by atoms with E-state index in [-0.39, 0.29) is 6.42 Å². The van der Waals surface area contributed by atoms with Gasteiger partial charge in [-0.05, 0) is 30.5 Å². The van der Waals surface area contributed by atoms with Crippen molar-refractivity contribution < 1.29 is 9.90 Å². The molecule has 5 heteroatoms. The number of carboxylic acids is 1. The predicted octanol–water partition coefficient (Wildman–Crippen LogP) is 2.87. The number of nitrogens with zero attached hydrogens (tertiary/aromatic N) is 2. The number of aromatic nitrogens is 3. The number of aromatic amines is 1. The molecule has 0 saturated heterocycles. The fraction of sp³-hybridized carbons (Fsp3) is 0.333. The van der Waals surface area contributed by atoms with Crippen LogP contribution in [-0.4, -0.2) is 25.4 Å². The van der Waals surface area contributed by atoms with Gasteiger partial charge in [0.05, 0.1) is 23.1 Å². The van der Waals surface area contributed by atoms with Crippen molar-refractivity contribution in [3.8, 4) is 0 Å². The summed E-state index contributed by atoms with van der Waals surface area (Å²) in [5.74, 6) is 0.309. The Labute approximate surface area is 116 Å². The summed E-state index contributed by atoms with van der Waals surface area (Å²) in [5, 5.41) is 9.05. The van der Waals surface area contributed by atoms with Crippen molar-refractivity contribution in [2.75, 3.05) is 0 Å². The molecule has 0 atom stereocenters. The van der Waals surface area contributed by atoms with Crippen LogP contribution in [0.15, 0.2) is 18.2 Å². The topological polar surface area (TPSA) is 70.4 Å². The van der Waals surface area contributed by atoms with Crippen LogP contribution in [0.1, 0.15) is 36.7 Å². The molecule has 0 aliphatic heterocycles. The Morgan fingerprint density at radius 3 is 2.85 bits per heavy atom. The highest BCUT2D eigenvalue weighted by Gasteiger charge is 2.16. The number of H-pyrrole nitrogens is 1. The molecule has 0 spiro atoms. The number of imidazole rings is 2. The van der Waals surface area contributed by atoms with E-state index in [1.165, 1.54) is 5.56 Å². The van der Waals surface area contributed by atoms with Gasteiger partial charge in [-0.1, -0.05) is 19.9 Å². The molecule has 3 aromatic rings. The van der Waals surface area contributed by atoms with Crippen molar-refractivity contribution >= 4 is 22.8 Å². The Morgan fingerprint density at radius 2 is 2.20 bits per heavy atom. The first-order valence-corrected chi connectivity index (χ1v) is 6.68. The van der Waals surface area contributed by atoms with Crippen molar-refractivity contribution in [3.63, 3.8) is 0 Å². The van der Waals surface area contributed by atoms with Crippen LogP contribution in [0.4, 0.5) is 0 Å². The van der Waals surface area contributed by atoms with Crippen LogP contribution >= 0.6 is 0 Å². The normalized spacial score (nSPS) is 11.8. The van der Waals surface area contributed by atoms with Gasteiger partial charge < -0.3 is 10.1 Å². The number of fused-ring (bicyclic) bond motifs is 3. The second-order valence-corrected chi connectivity index (χ2v) is 5.44. The summed E-state index contributed by atoms with van der Waals surface area (Å²) < 4.78 is 1.91. The molecule has 0 radical (unpaired) electrons. The zero-order chi connectivity index (χ0) is 14.4. The molecule has 2 aromatic heterocycles. The molecule has 3 rings (SSSR count). The van der Waals surface area contributed by atoms with E-state index in [0.717, 1.165) is 22.4 Å². The average Bonchev–Trinajstić information content (AvgIpc) is 2.85. The molecule has 1 aromatic carbocycles. The first-order chi connectivity index (χ1) is 9.47. The van der Waals surface area contributed by atoms with E-state index in [2.05, 4.69) is 35.9 Å². The second kappa shape index (κ2) is 4.37. The molecule has 2 N–H and O–H groups in total. The van der Waals surface area contributed by atoms with Gasteiger partial charge in [-0.15, -0.1) is 0 Å². The molecule has 0 unspecified atom stereocenters. The van der Waals surface area contributed by atoms with Gasteiger partial charge in [0.1, 0.15) is 0 Å². The van der Waals surface area contributed by atoms with E-state index >= 15 is 0 Å². The molecular weight excluding hydrogens is 254 g/mol. The monoisotopic (exact) mass is 271 g/mol. The van der Waals surface area contributed by atoms with Crippen LogP contribution in [0.5, 0.6) is 0 Å². The maximum Gasteiger partial charge on any atom is 0.309 e. The highest BCUT2D eigenvalue weighted by Crippen LogP contribution is 2.24. The number of aliphatic carboxylic acids is 1. The Morgan fingerprint density at radius 1 is 1.45 bits per heavy atom. The molecule has 0 amide bonds. The van der Waals surface area contributed by atoms with Crippen molar-refractivity contribution in [2.24, 2.45) is 0 Å². The number of nitrogens with one attached hydrogen (secondary N) is 1. The molecule has 0 saturated carbocycles. The van der Waals surface area contributed by atoms with Gasteiger partial charge in [-0.2, -0.15) is 0 Å². The third-order valence-corrected chi connectivity index (χ3v) is 3.67. The van der Waals surface area contributed by atoms with Gasteiger partial charge in [-0.3, -0.25) is 9.20 Å². The summed E-state index contributed by atoms with van der Waals surface area (Å²) >= 11 is 0. The molecule has 0 fully saturated rings. The van der Waals surface area contributed by atoms with Crippen molar-refractivity contribution in [3.05, 3.63) is 35.2 Å². The largest absolute Gasteiger partial charge is 0.481 e. The zero-order valence-electron chi connectivity index (χ0n) is 11.8. The molecular formula is C15H17N3O2. The molecule has 0 aliphatic rings. The quantitative estimate of drug-likeness (QED) is 0.769. The zero-order valence-corrected chi connectivity index (χ0v) is 11.8. The lowest BCUT2D eigenvalue weighted by Crippen LogP contribution is -2.04. The molecule has 20 heavy (non-hydrogen) atoms. The fourth-order valence-electron chi connectivity index (χ4n) is 2.58. The number of hydrogen-bond donors (Lipinski definition) is 2. The highest BCUT2D eigenvalue weighted by atomic mass is 16.4. The highest BCUT2D eigenvalue weighted by molar-refractivity contribution is 5.82. The minimum absolute atomic E-state index is 0.0107. The van der Waals surface area contributed by atoms with E-state index in [1.807, 2.05) is 17.4 Å². The first kappa shape index (κ1) is 12.7. The first-order valence-electron chi connectivity index (χ1n) is 6.68. The smallest absolute Gasteiger partial charge is 0.309 e. The van der Waals surface area contributed by atoms with Crippen molar-refractivity contribution in [1.82, 2.24) is 14.4 Å². The molecule has 0 bridgehead atoms. The summed E-state index contributed by atoms with van der Waals surface area (Å²) in [6, 6.07) is 6.16. The molecule has 5 nitrogen and oxygen atoms in total. The molecule has 2 heterocycles. The van der Waals surface area contributed by atoms with E-state index < -0.39 is 5.97 Å². The summed E-state index contributed by atoms with van der Waals surface area (Å²) in [6.45, 7) is 6.16. The number of hydrogen-bond acceptors (Lipinski definition) is 2. The number of aryl methyl sites for hydroxylation is 1. The third-order valence-electron chi connectivity index (χ3n) is 3.67. The van der Waals surface area contributed by atoms with Crippen LogP contribution < -0.4 is 0 Å². The van der Waals surface area contributed by atoms with Gasteiger partial charge >= 0.3 is 5.97 Å². The minimum atomic E-state index is -0.838. The number of carbonyl (C=O) groups is 1. The summed E-state index contributed by atoms with van der Waals surface area (Å²) in [4.78, 5) is 18.7. The maximum absolute atomic E-state index is 11.0. The van der Waals surface area contributed by atoms with Gasteiger partial charge in [-0.25, -0.2) is 4.98 Å². The van der Waals surface area contributed by atoms with Crippen LogP contribution in [0.25, 0.3) is 16.8 Å². The SMILES string of the molecule is Cc1[nH]c2nc3cc(C(C)C)ccc3n2c1CC(=O)O. The van der Waals surface area contributed by atoms with E-state index in [1.54, 1.807) is 0 Å². The minimum Gasteiger partial charge on any atom is -0.481 e. The van der Waals surface area contributed by atoms with Crippen molar-refractivity contribution in [1.29, 1.82) is 0 Å². The maximum atomic E-state index is 11.0. The number of rotatable bonds is 3. The summed E-state index contributed by atoms with van der Waals surface area (Å²) in [6.07, 6.45) is -0.0107. The lowest BCUT2D eigenvalue weighted by Gasteiger charge is -2.05. The Bertz CT molecular complexity index is 811. The van der Waals surface area contributed by atoms with Crippen LogP contribution in [-0.2, 0) is 11.2 Å². The molecule has 0 aliphatic carbocycles. The van der Waals surface area contributed by atoms with E-state index in [4.69, 9.17) is 5.11 Å². The Balaban J connectivity index is 2.28. The van der Waals surface area contributed by atoms with Gasteiger partial charge in [0.15, 0.2) is 0 Å². The lowest BCUT2D eigenvalue weighted by atomic mass is 10.0. The lowest BCUT2D eigenvalue weighted by molar-refractivity contribution is -0.136. The summed E-state index contributed by atoms with van der Waals surface area (Å²) in [5.41, 5.74) is 4.69. The van der Waals surface area contributed by atoms with E-state index in [9.17, 15) is 4.79 Å². The fourth-order valence-corrected chi connectivity index (χ4v) is 2.58. The number of benzene rings is 1. The second-order valence-electron chi connectivity index (χ2n) is 5.44. The number of carboxylic acid groups (broad SMARTS) is 1. The van der Waals surface area contributed by atoms with Crippen LogP contribution in [0, 0.1) is 6.92 Å². The Hall–Kier alpha value is -2.30. The third kappa shape index (κ3) is 1.86. The average molecular weight is 271 g/mol. The van der Waals surface area contributed by atoms with Gasteiger partial charge in [0, 0.05) is 5.69 Å². The van der Waals surface area contributed by atoms with Crippen LogP contribution in [0.3, 0.4) is 0 Å². The van der Waals surface area contributed by atoms with Gasteiger partial charge in [0.25, 0.3) is 0 Å². The van der Waals surface area contributed by atoms with Crippen LogP contribution in [0.2, 0.25) is 0 Å². The standard InChI is InChI=1S/C15H17N3O2/c1-8(2)10-4-5-12-11(6-10)17-15-16-9(3)13(18(12)15)7-14(19)20/h4-6,8H,7H2,1-3H3,(H,16,17)(H,19,20). The molecule has 104 valence electrons. The van der Waals surface area contributed by atoms with Crippen molar-refractivity contribution in [2.45, 2.75) is 33.1 Å². The Kier molecular flexibility index (Phi) is 2.78.